The Hall–Kier alpha value is -4.16. The van der Waals surface area contributed by atoms with Crippen LogP contribution < -0.4 is 14.8 Å². The Balaban J connectivity index is 1.32. The van der Waals surface area contributed by atoms with Gasteiger partial charge in [0.1, 0.15) is 23.7 Å². The monoisotopic (exact) mass is 547 g/mol. The van der Waals surface area contributed by atoms with Gasteiger partial charge in [0.2, 0.25) is 0 Å². The van der Waals surface area contributed by atoms with E-state index in [1.165, 1.54) is 18.2 Å². The smallest absolute Gasteiger partial charge is 0.490 e. The highest BCUT2D eigenvalue weighted by Crippen LogP contribution is 2.43. The molecule has 0 unspecified atom stereocenters. The van der Waals surface area contributed by atoms with Crippen molar-refractivity contribution in [3.8, 4) is 28.8 Å². The predicted molar refractivity (Wildman–Crippen MR) is 146 cm³/mol. The molecule has 2 aliphatic rings. The average molecular weight is 548 g/mol. The lowest BCUT2D eigenvalue weighted by molar-refractivity contribution is -0.274. The van der Waals surface area contributed by atoms with Crippen LogP contribution in [0.1, 0.15) is 43.7 Å². The van der Waals surface area contributed by atoms with Gasteiger partial charge in [0.25, 0.3) is 0 Å². The van der Waals surface area contributed by atoms with Gasteiger partial charge in [-0.2, -0.15) is 5.26 Å². The van der Waals surface area contributed by atoms with Gasteiger partial charge in [-0.25, -0.2) is 0 Å². The molecule has 9 heteroatoms. The van der Waals surface area contributed by atoms with Gasteiger partial charge in [0.15, 0.2) is 0 Å². The predicted octanol–water partition coefficient (Wildman–Crippen LogP) is 8.10. The van der Waals surface area contributed by atoms with Crippen molar-refractivity contribution in [2.75, 3.05) is 18.5 Å². The highest BCUT2D eigenvalue weighted by Gasteiger charge is 2.31. The zero-order valence-electron chi connectivity index (χ0n) is 21.7. The number of nitrogens with one attached hydrogen (secondary N) is 1. The van der Waals surface area contributed by atoms with Crippen LogP contribution in [0.2, 0.25) is 0 Å². The van der Waals surface area contributed by atoms with E-state index in [4.69, 9.17) is 9.47 Å². The maximum absolute atomic E-state index is 12.6. The van der Waals surface area contributed by atoms with Crippen molar-refractivity contribution in [3.63, 3.8) is 0 Å². The topological polar surface area (TPSA) is 68.4 Å². The summed E-state index contributed by atoms with van der Waals surface area (Å²) < 4.78 is 55.9. The largest absolute Gasteiger partial charge is 0.573 e. The van der Waals surface area contributed by atoms with Crippen LogP contribution in [0.25, 0.3) is 22.2 Å². The lowest BCUT2D eigenvalue weighted by Gasteiger charge is -2.30. The maximum atomic E-state index is 12.6. The third kappa shape index (κ3) is 5.45. The molecule has 2 heterocycles. The van der Waals surface area contributed by atoms with Gasteiger partial charge in [-0.05, 0) is 61.2 Å². The molecule has 6 rings (SSSR count). The van der Waals surface area contributed by atoms with Crippen molar-refractivity contribution in [3.05, 3.63) is 72.3 Å². The van der Waals surface area contributed by atoms with E-state index >= 15 is 0 Å². The van der Waals surface area contributed by atoms with E-state index in [9.17, 15) is 18.4 Å². The fraction of sp³-hybridized carbons (Fsp3) is 0.323. The number of alkyl halides is 3. The summed E-state index contributed by atoms with van der Waals surface area (Å²) in [4.78, 5) is 0. The molecule has 40 heavy (non-hydrogen) atoms. The molecule has 0 atom stereocenters. The van der Waals surface area contributed by atoms with E-state index in [1.54, 1.807) is 6.07 Å². The molecule has 0 spiro atoms. The number of fused-ring (bicyclic) bond motifs is 1. The quantitative estimate of drug-likeness (QED) is 0.253. The van der Waals surface area contributed by atoms with Crippen molar-refractivity contribution in [2.24, 2.45) is 0 Å². The number of hydrogen-bond acceptors (Lipinski definition) is 5. The van der Waals surface area contributed by atoms with Crippen LogP contribution in [0.4, 0.5) is 24.5 Å². The van der Waals surface area contributed by atoms with Crippen LogP contribution >= 0.6 is 0 Å². The summed E-state index contributed by atoms with van der Waals surface area (Å²) in [6.07, 6.45) is 0.311. The number of anilines is 2. The number of rotatable bonds is 7. The highest BCUT2D eigenvalue weighted by molar-refractivity contribution is 5.95. The van der Waals surface area contributed by atoms with Crippen LogP contribution in [0.15, 0.2) is 66.7 Å². The Kier molecular flexibility index (Phi) is 7.03. The van der Waals surface area contributed by atoms with E-state index in [1.807, 2.05) is 36.4 Å². The second-order valence-corrected chi connectivity index (χ2v) is 10.2. The Morgan fingerprint density at radius 2 is 1.68 bits per heavy atom. The van der Waals surface area contributed by atoms with Gasteiger partial charge in [-0.3, -0.25) is 0 Å². The molecule has 1 N–H and O–H groups in total. The molecule has 1 saturated heterocycles. The molecule has 1 saturated carbocycles. The molecule has 1 aromatic heterocycles. The number of aromatic nitrogens is 1. The Morgan fingerprint density at radius 1 is 0.900 bits per heavy atom. The number of benzene rings is 3. The standard InChI is InChI=1S/C31H28F3N3O3/c32-31(33,34)40-26-6-1-3-22(17-26)36-21-9-7-20(8-10-21)30-28(19-35)27-12-11-25(39-24-13-15-38-16-14-24)18-29(27)37(30)23-4-2-5-23/h1,3,6-12,17-18,23-24,36H,2,4-5,13-16H2. The minimum Gasteiger partial charge on any atom is -0.490 e. The van der Waals surface area contributed by atoms with Gasteiger partial charge in [0.05, 0.1) is 30.0 Å². The second kappa shape index (κ2) is 10.8. The summed E-state index contributed by atoms with van der Waals surface area (Å²) in [5, 5.41) is 14.3. The van der Waals surface area contributed by atoms with Crippen LogP contribution in [-0.4, -0.2) is 30.2 Å². The lowest BCUT2D eigenvalue weighted by atomic mass is 9.92. The fourth-order valence-corrected chi connectivity index (χ4v) is 5.42. The van der Waals surface area contributed by atoms with Gasteiger partial charge < -0.3 is 24.1 Å². The normalized spacial score (nSPS) is 16.4. The molecule has 0 bridgehead atoms. The summed E-state index contributed by atoms with van der Waals surface area (Å²) in [5.41, 5.74) is 4.54. The first-order valence-electron chi connectivity index (χ1n) is 13.4. The van der Waals surface area contributed by atoms with Gasteiger partial charge in [-0.1, -0.05) is 18.2 Å². The number of halogens is 3. The number of ether oxygens (including phenoxy) is 3. The molecular weight excluding hydrogens is 519 g/mol. The van der Waals surface area contributed by atoms with Gasteiger partial charge >= 0.3 is 6.36 Å². The van der Waals surface area contributed by atoms with E-state index in [-0.39, 0.29) is 11.9 Å². The summed E-state index contributed by atoms with van der Waals surface area (Å²) in [7, 11) is 0. The van der Waals surface area contributed by atoms with Crippen molar-refractivity contribution >= 4 is 22.3 Å². The Labute approximate surface area is 229 Å². The molecular formula is C31H28F3N3O3. The third-order valence-electron chi connectivity index (χ3n) is 7.51. The van der Waals surface area contributed by atoms with Crippen molar-refractivity contribution in [1.82, 2.24) is 4.57 Å². The molecule has 1 aliphatic carbocycles. The SMILES string of the molecule is N#Cc1c(-c2ccc(Nc3cccc(OC(F)(F)F)c3)cc2)n(C2CCC2)c2cc(OC3CCOCC3)ccc12. The molecule has 4 aromatic rings. The van der Waals surface area contributed by atoms with Gasteiger partial charge in [-0.15, -0.1) is 13.2 Å². The van der Waals surface area contributed by atoms with Crippen LogP contribution in [0.5, 0.6) is 11.5 Å². The molecule has 6 nitrogen and oxygen atoms in total. The Morgan fingerprint density at radius 3 is 2.35 bits per heavy atom. The number of nitriles is 1. The first kappa shape index (κ1) is 26.1. The zero-order valence-corrected chi connectivity index (χ0v) is 21.7. The van der Waals surface area contributed by atoms with Crippen LogP contribution in [-0.2, 0) is 4.74 Å². The van der Waals surface area contributed by atoms with E-state index in [0.29, 0.717) is 36.2 Å². The highest BCUT2D eigenvalue weighted by atomic mass is 19.4. The molecule has 2 fully saturated rings. The van der Waals surface area contributed by atoms with Crippen molar-refractivity contribution < 1.29 is 27.4 Å². The number of nitrogens with zero attached hydrogens (tertiary/aromatic N) is 2. The van der Waals surface area contributed by atoms with Crippen LogP contribution in [0.3, 0.4) is 0 Å². The van der Waals surface area contributed by atoms with E-state index in [0.717, 1.165) is 60.0 Å². The van der Waals surface area contributed by atoms with Crippen molar-refractivity contribution in [1.29, 1.82) is 5.26 Å². The first-order valence-corrected chi connectivity index (χ1v) is 13.4. The molecule has 0 amide bonds. The first-order chi connectivity index (χ1) is 19.4. The second-order valence-electron chi connectivity index (χ2n) is 10.2. The summed E-state index contributed by atoms with van der Waals surface area (Å²) in [6.45, 7) is 1.40. The van der Waals surface area contributed by atoms with Crippen molar-refractivity contribution in [2.45, 2.75) is 50.6 Å². The minimum absolute atomic E-state index is 0.119. The molecule has 0 radical (unpaired) electrons. The molecule has 3 aromatic carbocycles. The maximum Gasteiger partial charge on any atom is 0.573 e. The summed E-state index contributed by atoms with van der Waals surface area (Å²) in [6, 6.07) is 22.0. The van der Waals surface area contributed by atoms with E-state index in [2.05, 4.69) is 26.8 Å². The number of hydrogen-bond donors (Lipinski definition) is 1. The Bertz CT molecular complexity index is 1550. The van der Waals surface area contributed by atoms with E-state index < -0.39 is 6.36 Å². The summed E-state index contributed by atoms with van der Waals surface area (Å²) in [5.74, 6) is 0.503. The van der Waals surface area contributed by atoms with Crippen LogP contribution in [0, 0.1) is 11.3 Å². The zero-order chi connectivity index (χ0) is 27.7. The molecule has 1 aliphatic heterocycles. The fourth-order valence-electron chi connectivity index (χ4n) is 5.42. The summed E-state index contributed by atoms with van der Waals surface area (Å²) >= 11 is 0. The minimum atomic E-state index is -4.75. The third-order valence-corrected chi connectivity index (χ3v) is 7.51. The average Bonchev–Trinajstić information content (AvgIpc) is 3.21. The van der Waals surface area contributed by atoms with Gasteiger partial charge in [0, 0.05) is 47.8 Å². The lowest BCUT2D eigenvalue weighted by Crippen LogP contribution is -2.25. The molecule has 206 valence electrons.